The molecule has 1 heterocycles. The van der Waals surface area contributed by atoms with E-state index in [0.717, 1.165) is 29.8 Å². The molecule has 3 rings (SSSR count). The SMILES string of the molecule is CC(C)=C1C(=O)Nc2ccc(S(=O)(=O)Nc3ccc(OC(F)(F)F)cc3)cc21. The number of carbonyl (C=O) groups excluding carboxylic acids is 1. The smallest absolute Gasteiger partial charge is 0.406 e. The molecule has 0 unspecified atom stereocenters. The van der Waals surface area contributed by atoms with Gasteiger partial charge in [-0.05, 0) is 56.3 Å². The minimum atomic E-state index is -4.83. The van der Waals surface area contributed by atoms with Gasteiger partial charge in [0.05, 0.1) is 4.90 Å². The lowest BCUT2D eigenvalue weighted by Gasteiger charge is -2.11. The predicted octanol–water partition coefficient (Wildman–Crippen LogP) is 4.13. The van der Waals surface area contributed by atoms with Gasteiger partial charge in [0.25, 0.3) is 15.9 Å². The van der Waals surface area contributed by atoms with E-state index >= 15 is 0 Å². The number of carbonyl (C=O) groups is 1. The second kappa shape index (κ2) is 6.86. The normalized spacial score (nSPS) is 13.8. The van der Waals surface area contributed by atoms with Crippen molar-refractivity contribution in [3.05, 3.63) is 53.6 Å². The molecule has 6 nitrogen and oxygen atoms in total. The van der Waals surface area contributed by atoms with E-state index in [1.807, 2.05) is 0 Å². The summed E-state index contributed by atoms with van der Waals surface area (Å²) in [4.78, 5) is 11.9. The maximum Gasteiger partial charge on any atom is 0.573 e. The maximum absolute atomic E-state index is 12.6. The summed E-state index contributed by atoms with van der Waals surface area (Å²) in [5, 5.41) is 2.66. The Balaban J connectivity index is 1.87. The largest absolute Gasteiger partial charge is 0.573 e. The maximum atomic E-state index is 12.6. The highest BCUT2D eigenvalue weighted by Crippen LogP contribution is 2.35. The Labute approximate surface area is 159 Å². The lowest BCUT2D eigenvalue weighted by atomic mass is 10.0. The number of alkyl halides is 3. The first-order valence-electron chi connectivity index (χ1n) is 7.98. The third-order valence-corrected chi connectivity index (χ3v) is 5.27. The topological polar surface area (TPSA) is 84.5 Å². The van der Waals surface area contributed by atoms with E-state index in [9.17, 15) is 26.4 Å². The molecule has 0 atom stereocenters. The van der Waals surface area contributed by atoms with Gasteiger partial charge in [0.1, 0.15) is 5.75 Å². The Bertz CT molecular complexity index is 1070. The molecule has 2 aromatic carbocycles. The summed E-state index contributed by atoms with van der Waals surface area (Å²) in [5.41, 5.74) is 2.18. The molecule has 0 aliphatic carbocycles. The van der Waals surface area contributed by atoms with Crippen molar-refractivity contribution in [1.29, 1.82) is 0 Å². The molecular weight excluding hydrogens is 397 g/mol. The number of amides is 1. The van der Waals surface area contributed by atoms with Crippen LogP contribution >= 0.6 is 0 Å². The molecule has 10 heteroatoms. The summed E-state index contributed by atoms with van der Waals surface area (Å²) in [5.74, 6) is -0.775. The highest BCUT2D eigenvalue weighted by molar-refractivity contribution is 7.92. The standard InChI is InChI=1S/C18H15F3N2O4S/c1-10(2)16-14-9-13(7-8-15(14)22-17(16)24)28(25,26)23-11-3-5-12(6-4-11)27-18(19,20)21/h3-9,23H,1-2H3,(H,22,24). The number of fused-ring (bicyclic) bond motifs is 1. The number of benzene rings is 2. The number of ether oxygens (including phenoxy) is 1. The van der Waals surface area contributed by atoms with Crippen LogP contribution in [-0.2, 0) is 14.8 Å². The Kier molecular flexibility index (Phi) is 4.84. The quantitative estimate of drug-likeness (QED) is 0.740. The van der Waals surface area contributed by atoms with Crippen molar-refractivity contribution in [2.75, 3.05) is 10.0 Å². The molecule has 0 saturated carbocycles. The fourth-order valence-corrected chi connectivity index (χ4v) is 3.83. The lowest BCUT2D eigenvalue weighted by Crippen LogP contribution is -2.17. The Morgan fingerprint density at radius 1 is 1.07 bits per heavy atom. The molecule has 148 valence electrons. The average molecular weight is 412 g/mol. The second-order valence-electron chi connectivity index (χ2n) is 6.21. The molecule has 1 amide bonds. The number of halogens is 3. The number of nitrogens with one attached hydrogen (secondary N) is 2. The number of anilines is 2. The molecule has 28 heavy (non-hydrogen) atoms. The molecule has 2 N–H and O–H groups in total. The van der Waals surface area contributed by atoms with Crippen molar-refractivity contribution in [3.8, 4) is 5.75 Å². The van der Waals surface area contributed by atoms with Gasteiger partial charge in [0.2, 0.25) is 0 Å². The zero-order valence-electron chi connectivity index (χ0n) is 14.7. The number of allylic oxidation sites excluding steroid dienone is 1. The van der Waals surface area contributed by atoms with Crippen LogP contribution in [0.3, 0.4) is 0 Å². The van der Waals surface area contributed by atoms with E-state index in [1.54, 1.807) is 13.8 Å². The molecule has 0 saturated heterocycles. The van der Waals surface area contributed by atoms with Crippen molar-refractivity contribution in [2.45, 2.75) is 25.1 Å². The van der Waals surface area contributed by atoms with Crippen molar-refractivity contribution >= 4 is 32.9 Å². The van der Waals surface area contributed by atoms with Crippen molar-refractivity contribution in [1.82, 2.24) is 0 Å². The molecule has 1 aliphatic heterocycles. The monoisotopic (exact) mass is 412 g/mol. The molecular formula is C18H15F3N2O4S. The van der Waals surface area contributed by atoms with Crippen LogP contribution in [0.1, 0.15) is 19.4 Å². The summed E-state index contributed by atoms with van der Waals surface area (Å²) in [7, 11) is -4.02. The van der Waals surface area contributed by atoms with Gasteiger partial charge in [-0.25, -0.2) is 8.42 Å². The van der Waals surface area contributed by atoms with Gasteiger partial charge >= 0.3 is 6.36 Å². The minimum absolute atomic E-state index is 0.0617. The Morgan fingerprint density at radius 3 is 2.29 bits per heavy atom. The second-order valence-corrected chi connectivity index (χ2v) is 7.90. The van der Waals surface area contributed by atoms with Gasteiger partial charge in [-0.15, -0.1) is 13.2 Å². The highest BCUT2D eigenvalue weighted by Gasteiger charge is 2.31. The van der Waals surface area contributed by atoms with Gasteiger partial charge in [0.15, 0.2) is 0 Å². The van der Waals surface area contributed by atoms with Crippen LogP contribution in [0.4, 0.5) is 24.5 Å². The zero-order chi connectivity index (χ0) is 20.7. The first kappa shape index (κ1) is 19.7. The Hall–Kier alpha value is -3.01. The van der Waals surface area contributed by atoms with Gasteiger partial charge in [-0.2, -0.15) is 0 Å². The first-order chi connectivity index (χ1) is 13.0. The fourth-order valence-electron chi connectivity index (χ4n) is 2.75. The molecule has 0 fully saturated rings. The molecule has 0 spiro atoms. The van der Waals surface area contributed by atoms with Crippen LogP contribution in [0.15, 0.2) is 52.9 Å². The zero-order valence-corrected chi connectivity index (χ0v) is 15.5. The van der Waals surface area contributed by atoms with Gasteiger partial charge in [-0.1, -0.05) is 5.57 Å². The van der Waals surface area contributed by atoms with E-state index in [4.69, 9.17) is 0 Å². The van der Waals surface area contributed by atoms with Crippen molar-refractivity contribution in [3.63, 3.8) is 0 Å². The Morgan fingerprint density at radius 2 is 1.71 bits per heavy atom. The highest BCUT2D eigenvalue weighted by atomic mass is 32.2. The molecule has 0 radical (unpaired) electrons. The van der Waals surface area contributed by atoms with Gasteiger partial charge in [-0.3, -0.25) is 9.52 Å². The van der Waals surface area contributed by atoms with Crippen molar-refractivity contribution in [2.24, 2.45) is 0 Å². The average Bonchev–Trinajstić information content (AvgIpc) is 2.90. The van der Waals surface area contributed by atoms with Gasteiger partial charge in [0, 0.05) is 22.5 Å². The summed E-state index contributed by atoms with van der Waals surface area (Å²) in [6.07, 6.45) is -4.83. The van der Waals surface area contributed by atoms with E-state index in [0.29, 0.717) is 16.8 Å². The third kappa shape index (κ3) is 4.11. The number of hydrogen-bond acceptors (Lipinski definition) is 4. The van der Waals surface area contributed by atoms with Crippen LogP contribution in [0, 0.1) is 0 Å². The number of rotatable bonds is 4. The summed E-state index contributed by atoms with van der Waals surface area (Å²) in [6, 6.07) is 8.49. The lowest BCUT2D eigenvalue weighted by molar-refractivity contribution is -0.274. The molecule has 0 bridgehead atoms. The fraction of sp³-hybridized carbons (Fsp3) is 0.167. The van der Waals surface area contributed by atoms with E-state index < -0.39 is 22.1 Å². The third-order valence-electron chi connectivity index (χ3n) is 3.89. The van der Waals surface area contributed by atoms with Crippen LogP contribution in [0.25, 0.3) is 5.57 Å². The summed E-state index contributed by atoms with van der Waals surface area (Å²) in [6.45, 7) is 3.49. The summed E-state index contributed by atoms with van der Waals surface area (Å²) < 4.78 is 67.9. The van der Waals surface area contributed by atoms with Gasteiger partial charge < -0.3 is 10.1 Å². The van der Waals surface area contributed by atoms with Crippen LogP contribution in [-0.4, -0.2) is 20.7 Å². The van der Waals surface area contributed by atoms with Crippen LogP contribution in [0.5, 0.6) is 5.75 Å². The minimum Gasteiger partial charge on any atom is -0.406 e. The van der Waals surface area contributed by atoms with Crippen LogP contribution in [0.2, 0.25) is 0 Å². The van der Waals surface area contributed by atoms with Crippen molar-refractivity contribution < 1.29 is 31.1 Å². The molecule has 2 aromatic rings. The summed E-state index contributed by atoms with van der Waals surface area (Å²) >= 11 is 0. The van der Waals surface area contributed by atoms with E-state index in [-0.39, 0.29) is 16.5 Å². The molecule has 0 aromatic heterocycles. The predicted molar refractivity (Wildman–Crippen MR) is 97.3 cm³/mol. The number of hydrogen-bond donors (Lipinski definition) is 2. The molecule has 1 aliphatic rings. The van der Waals surface area contributed by atoms with E-state index in [1.165, 1.54) is 18.2 Å². The van der Waals surface area contributed by atoms with E-state index in [2.05, 4.69) is 14.8 Å². The first-order valence-corrected chi connectivity index (χ1v) is 9.46. The number of sulfonamides is 1. The van der Waals surface area contributed by atoms with Crippen LogP contribution < -0.4 is 14.8 Å².